The Morgan fingerprint density at radius 1 is 1.24 bits per heavy atom. The van der Waals surface area contributed by atoms with E-state index in [2.05, 4.69) is 10.6 Å². The molecule has 0 unspecified atom stereocenters. The van der Waals surface area contributed by atoms with Gasteiger partial charge in [0.2, 0.25) is 5.91 Å². The number of benzene rings is 1. The van der Waals surface area contributed by atoms with Crippen LogP contribution in [0.2, 0.25) is 10.0 Å². The molecule has 0 heterocycles. The molecule has 0 aliphatic heterocycles. The van der Waals surface area contributed by atoms with Gasteiger partial charge in [-0.15, -0.1) is 0 Å². The lowest BCUT2D eigenvalue weighted by atomic mass is 10.3. The maximum Gasteiger partial charge on any atom is 0.261 e. The molecule has 0 aromatic heterocycles. The van der Waals surface area contributed by atoms with Gasteiger partial charge in [-0.1, -0.05) is 23.2 Å². The third kappa shape index (κ3) is 6.23. The molecule has 0 radical (unpaired) electrons. The number of carbonyl (C=O) groups is 2. The Labute approximate surface area is 133 Å². The standard InChI is InChI=1S/C14H18Cl2N2O3/c1-8(2)18-13(19)7-17-14(20)9(3)21-12-5-4-10(15)6-11(12)16/h4-6,8-9H,7H2,1-3H3,(H,17,20)(H,18,19)/t9-/m1/s1. The van der Waals surface area contributed by atoms with Crippen molar-refractivity contribution in [2.24, 2.45) is 0 Å². The van der Waals surface area contributed by atoms with Crippen molar-refractivity contribution in [3.05, 3.63) is 28.2 Å². The molecule has 2 N–H and O–H groups in total. The zero-order valence-electron chi connectivity index (χ0n) is 12.1. The summed E-state index contributed by atoms with van der Waals surface area (Å²) in [6.07, 6.45) is -0.782. The summed E-state index contributed by atoms with van der Waals surface area (Å²) in [5, 5.41) is 5.97. The van der Waals surface area contributed by atoms with Crippen LogP contribution in [0.25, 0.3) is 0 Å². The van der Waals surface area contributed by atoms with Crippen LogP contribution < -0.4 is 15.4 Å². The fraction of sp³-hybridized carbons (Fsp3) is 0.429. The fourth-order valence-corrected chi connectivity index (χ4v) is 1.95. The van der Waals surface area contributed by atoms with Crippen LogP contribution in [-0.4, -0.2) is 30.5 Å². The number of carbonyl (C=O) groups excluding carboxylic acids is 2. The molecule has 1 rings (SSSR count). The summed E-state index contributed by atoms with van der Waals surface area (Å²) in [5.41, 5.74) is 0. The van der Waals surface area contributed by atoms with Gasteiger partial charge in [-0.3, -0.25) is 9.59 Å². The van der Waals surface area contributed by atoms with Gasteiger partial charge in [0.15, 0.2) is 6.10 Å². The second-order valence-electron chi connectivity index (χ2n) is 4.77. The van der Waals surface area contributed by atoms with E-state index < -0.39 is 12.0 Å². The van der Waals surface area contributed by atoms with E-state index in [1.807, 2.05) is 13.8 Å². The summed E-state index contributed by atoms with van der Waals surface area (Å²) in [5.74, 6) is -0.301. The lowest BCUT2D eigenvalue weighted by Crippen LogP contribution is -2.43. The third-order valence-electron chi connectivity index (χ3n) is 2.44. The largest absolute Gasteiger partial charge is 0.479 e. The van der Waals surface area contributed by atoms with Gasteiger partial charge in [-0.25, -0.2) is 0 Å². The van der Waals surface area contributed by atoms with Gasteiger partial charge < -0.3 is 15.4 Å². The van der Waals surface area contributed by atoms with E-state index in [4.69, 9.17) is 27.9 Å². The number of hydrogen-bond donors (Lipinski definition) is 2. The van der Waals surface area contributed by atoms with E-state index >= 15 is 0 Å². The van der Waals surface area contributed by atoms with Crippen LogP contribution in [0, 0.1) is 0 Å². The number of nitrogens with one attached hydrogen (secondary N) is 2. The van der Waals surface area contributed by atoms with Crippen LogP contribution in [-0.2, 0) is 9.59 Å². The van der Waals surface area contributed by atoms with Crippen LogP contribution in [0.4, 0.5) is 0 Å². The molecule has 0 spiro atoms. The molecule has 1 aromatic rings. The summed E-state index contributed by atoms with van der Waals surface area (Å²) in [7, 11) is 0. The SMILES string of the molecule is CC(C)NC(=O)CNC(=O)[C@@H](C)Oc1ccc(Cl)cc1Cl. The summed E-state index contributed by atoms with van der Waals surface area (Å²) in [6, 6.07) is 4.75. The highest BCUT2D eigenvalue weighted by Gasteiger charge is 2.17. The van der Waals surface area contributed by atoms with Crippen molar-refractivity contribution in [1.29, 1.82) is 0 Å². The fourth-order valence-electron chi connectivity index (χ4n) is 1.50. The van der Waals surface area contributed by atoms with Gasteiger partial charge in [0.25, 0.3) is 5.91 Å². The quantitative estimate of drug-likeness (QED) is 0.840. The Balaban J connectivity index is 2.49. The van der Waals surface area contributed by atoms with Crippen LogP contribution in [0.1, 0.15) is 20.8 Å². The van der Waals surface area contributed by atoms with Gasteiger partial charge in [-0.2, -0.15) is 0 Å². The molecule has 1 atom stereocenters. The summed E-state index contributed by atoms with van der Waals surface area (Å²) >= 11 is 11.7. The van der Waals surface area contributed by atoms with Crippen molar-refractivity contribution >= 4 is 35.0 Å². The normalized spacial score (nSPS) is 11.9. The third-order valence-corrected chi connectivity index (χ3v) is 2.97. The first kappa shape index (κ1) is 17.6. The van der Waals surface area contributed by atoms with Crippen LogP contribution in [0.3, 0.4) is 0 Å². The van der Waals surface area contributed by atoms with Crippen LogP contribution >= 0.6 is 23.2 Å². The predicted octanol–water partition coefficient (Wildman–Crippen LogP) is 2.40. The molecule has 2 amide bonds. The highest BCUT2D eigenvalue weighted by Crippen LogP contribution is 2.28. The Morgan fingerprint density at radius 3 is 2.48 bits per heavy atom. The molecule has 0 aliphatic rings. The molecule has 7 heteroatoms. The van der Waals surface area contributed by atoms with Crippen LogP contribution in [0.5, 0.6) is 5.75 Å². The molecule has 0 bridgehead atoms. The van der Waals surface area contributed by atoms with E-state index in [0.29, 0.717) is 15.8 Å². The first-order chi connectivity index (χ1) is 9.79. The minimum Gasteiger partial charge on any atom is -0.479 e. The molecule has 0 aliphatic carbocycles. The lowest BCUT2D eigenvalue weighted by Gasteiger charge is -2.16. The van der Waals surface area contributed by atoms with Gasteiger partial charge in [0, 0.05) is 11.1 Å². The molecule has 0 saturated carbocycles. The maximum absolute atomic E-state index is 11.8. The Bertz CT molecular complexity index is 521. The van der Waals surface area contributed by atoms with Gasteiger partial charge in [-0.05, 0) is 39.0 Å². The molecule has 1 aromatic carbocycles. The molecule has 5 nitrogen and oxygen atoms in total. The number of hydrogen-bond acceptors (Lipinski definition) is 3. The van der Waals surface area contributed by atoms with Gasteiger partial charge in [0.1, 0.15) is 5.75 Å². The van der Waals surface area contributed by atoms with Crippen molar-refractivity contribution in [2.75, 3.05) is 6.54 Å². The monoisotopic (exact) mass is 332 g/mol. The molecule has 116 valence electrons. The van der Waals surface area contributed by atoms with Crippen molar-refractivity contribution in [3.8, 4) is 5.75 Å². The smallest absolute Gasteiger partial charge is 0.261 e. The van der Waals surface area contributed by atoms with E-state index in [-0.39, 0.29) is 18.5 Å². The topological polar surface area (TPSA) is 67.4 Å². The maximum atomic E-state index is 11.8. The second-order valence-corrected chi connectivity index (χ2v) is 5.62. The Kier molecular flexibility index (Phi) is 6.78. The molecule has 21 heavy (non-hydrogen) atoms. The number of ether oxygens (including phenoxy) is 1. The molecular weight excluding hydrogens is 315 g/mol. The van der Waals surface area contributed by atoms with Crippen molar-refractivity contribution in [1.82, 2.24) is 10.6 Å². The minimum absolute atomic E-state index is 0.0240. The van der Waals surface area contributed by atoms with E-state index in [1.165, 1.54) is 6.07 Å². The van der Waals surface area contributed by atoms with E-state index in [1.54, 1.807) is 19.1 Å². The Hall–Kier alpha value is -1.46. The minimum atomic E-state index is -0.782. The molecular formula is C14H18Cl2N2O3. The zero-order valence-corrected chi connectivity index (χ0v) is 13.6. The van der Waals surface area contributed by atoms with E-state index in [0.717, 1.165) is 0 Å². The van der Waals surface area contributed by atoms with Crippen molar-refractivity contribution < 1.29 is 14.3 Å². The number of halogens is 2. The highest BCUT2D eigenvalue weighted by molar-refractivity contribution is 6.35. The van der Waals surface area contributed by atoms with Gasteiger partial charge in [0.05, 0.1) is 11.6 Å². The average molecular weight is 333 g/mol. The first-order valence-electron chi connectivity index (χ1n) is 6.48. The lowest BCUT2D eigenvalue weighted by molar-refractivity contribution is -0.130. The molecule has 0 fully saturated rings. The zero-order chi connectivity index (χ0) is 16.0. The van der Waals surface area contributed by atoms with Crippen LogP contribution in [0.15, 0.2) is 18.2 Å². The summed E-state index contributed by atoms with van der Waals surface area (Å²) in [4.78, 5) is 23.3. The second kappa shape index (κ2) is 8.10. The average Bonchev–Trinajstić information content (AvgIpc) is 2.38. The summed E-state index contributed by atoms with van der Waals surface area (Å²) < 4.78 is 5.44. The highest BCUT2D eigenvalue weighted by atomic mass is 35.5. The molecule has 0 saturated heterocycles. The Morgan fingerprint density at radius 2 is 1.90 bits per heavy atom. The van der Waals surface area contributed by atoms with Crippen molar-refractivity contribution in [3.63, 3.8) is 0 Å². The van der Waals surface area contributed by atoms with Crippen molar-refractivity contribution in [2.45, 2.75) is 32.9 Å². The van der Waals surface area contributed by atoms with Gasteiger partial charge >= 0.3 is 0 Å². The first-order valence-corrected chi connectivity index (χ1v) is 7.24. The summed E-state index contributed by atoms with van der Waals surface area (Å²) in [6.45, 7) is 5.15. The predicted molar refractivity (Wildman–Crippen MR) is 82.8 cm³/mol. The number of amides is 2. The number of rotatable bonds is 6. The van der Waals surface area contributed by atoms with E-state index in [9.17, 15) is 9.59 Å².